The van der Waals surface area contributed by atoms with Crippen LogP contribution in [0.25, 0.3) is 0 Å². The lowest BCUT2D eigenvalue weighted by Gasteiger charge is -2.01. The predicted octanol–water partition coefficient (Wildman–Crippen LogP) is 1.86. The minimum absolute atomic E-state index is 0.165. The Morgan fingerprint density at radius 3 is 1.96 bits per heavy atom. The van der Waals surface area contributed by atoms with Gasteiger partial charge in [-0.3, -0.25) is 19.7 Å². The lowest BCUT2D eigenvalue weighted by atomic mass is 10.2. The zero-order valence-corrected chi connectivity index (χ0v) is 12.9. The molecule has 10 heteroatoms. The molecule has 0 bridgehead atoms. The summed E-state index contributed by atoms with van der Waals surface area (Å²) in [4.78, 5) is 32.0. The molecule has 0 saturated heterocycles. The Kier molecular flexibility index (Phi) is 4.44. The third-order valence-electron chi connectivity index (χ3n) is 2.87. The van der Waals surface area contributed by atoms with Crippen molar-refractivity contribution in [2.75, 3.05) is 19.7 Å². The fourth-order valence-corrected chi connectivity index (χ4v) is 1.65. The number of non-ortho nitro benzene ring substituents is 1. The van der Waals surface area contributed by atoms with E-state index in [2.05, 4.69) is 0 Å². The molecule has 26 heavy (non-hydrogen) atoms. The highest BCUT2D eigenvalue weighted by molar-refractivity contribution is 5.95. The van der Waals surface area contributed by atoms with Gasteiger partial charge in [-0.05, 0) is 24.3 Å². The number of amides is 2. The second-order valence-electron chi connectivity index (χ2n) is 4.57. The second-order valence-corrected chi connectivity index (χ2v) is 4.57. The van der Waals surface area contributed by atoms with Gasteiger partial charge in [0, 0.05) is 33.9 Å². The number of nitrogens with one attached hydrogen (secondary N) is 2. The van der Waals surface area contributed by atoms with Crippen LogP contribution in [0.2, 0.25) is 0 Å². The van der Waals surface area contributed by atoms with Crippen LogP contribution in [0.1, 0.15) is 28.9 Å². The zero-order chi connectivity index (χ0) is 24.9. The minimum Gasteiger partial charge on any atom is -0.399 e. The number of hydrogen-bond acceptors (Lipinski definition) is 5. The molecule has 0 radical (unpaired) electrons. The molecule has 0 aliphatic carbocycles. The van der Waals surface area contributed by atoms with Gasteiger partial charge in [-0.25, -0.2) is 8.78 Å². The van der Waals surface area contributed by atoms with Crippen LogP contribution in [-0.2, 0) is 0 Å². The van der Waals surface area contributed by atoms with E-state index in [4.69, 9.17) is 14.0 Å². The van der Waals surface area contributed by atoms with E-state index in [0.717, 1.165) is 24.3 Å². The largest absolute Gasteiger partial charge is 0.399 e. The average Bonchev–Trinajstić information content (AvgIpc) is 2.58. The Labute approximate surface area is 155 Å². The highest BCUT2D eigenvalue weighted by Crippen LogP contribution is 2.16. The highest BCUT2D eigenvalue weighted by atomic mass is 19.1. The molecule has 0 unspecified atom stereocenters. The van der Waals surface area contributed by atoms with Crippen molar-refractivity contribution >= 4 is 23.2 Å². The van der Waals surface area contributed by atoms with E-state index in [-0.39, 0.29) is 11.3 Å². The van der Waals surface area contributed by atoms with Crippen molar-refractivity contribution < 1.29 is 31.5 Å². The molecular weight excluding hydrogens is 350 g/mol. The van der Waals surface area contributed by atoms with E-state index in [9.17, 15) is 28.5 Å². The van der Waals surface area contributed by atoms with Gasteiger partial charge >= 0.3 is 0 Å². The summed E-state index contributed by atoms with van der Waals surface area (Å²) in [6, 6.07) is 5.72. The Balaban J connectivity index is 0.000000323. The van der Waals surface area contributed by atoms with Gasteiger partial charge < -0.3 is 16.4 Å². The highest BCUT2D eigenvalue weighted by Gasteiger charge is 2.14. The number of nitro benzene ring substituents is 1. The summed E-state index contributed by atoms with van der Waals surface area (Å²) in [6.45, 7) is -5.38. The summed E-state index contributed by atoms with van der Waals surface area (Å²) in [7, 11) is 0. The van der Waals surface area contributed by atoms with Crippen LogP contribution in [0.4, 0.5) is 20.2 Å². The molecule has 8 nitrogen and oxygen atoms in total. The minimum atomic E-state index is -2.74. The van der Waals surface area contributed by atoms with Crippen molar-refractivity contribution in [1.82, 2.24) is 10.6 Å². The van der Waals surface area contributed by atoms with Crippen molar-refractivity contribution in [3.05, 3.63) is 69.3 Å². The lowest BCUT2D eigenvalue weighted by molar-refractivity contribution is -0.385. The van der Waals surface area contributed by atoms with Gasteiger partial charge in [0.1, 0.15) is 11.6 Å². The van der Waals surface area contributed by atoms with E-state index < -0.39 is 53.6 Å². The number of halogens is 2. The first-order valence-electron chi connectivity index (χ1n) is 9.64. The van der Waals surface area contributed by atoms with E-state index in [1.807, 2.05) is 0 Å². The molecule has 2 rings (SSSR count). The van der Waals surface area contributed by atoms with Crippen molar-refractivity contribution in [2.24, 2.45) is 0 Å². The summed E-state index contributed by atoms with van der Waals surface area (Å²) in [5, 5.41) is 13.6. The molecule has 0 aliphatic heterocycles. The first kappa shape index (κ1) is 12.8. The Morgan fingerprint density at radius 2 is 1.54 bits per heavy atom. The van der Waals surface area contributed by atoms with E-state index in [1.165, 1.54) is 6.07 Å². The van der Waals surface area contributed by atoms with Crippen molar-refractivity contribution in [3.63, 3.8) is 0 Å². The van der Waals surface area contributed by atoms with E-state index in [1.54, 1.807) is 10.6 Å². The standard InChI is InChI=1S/C8H7FN2O3.C8H9FN2O/c1-10-8(12)6-3-2-5(11(13)14)4-7(6)9;1-11-8(12)6-3-2-5(10)4-7(6)9/h2-4H,1H3,(H,10,12);2-4H,10H2,1H3,(H,11,12)/i2*1D3. The second kappa shape index (κ2) is 9.06. The number of hydrogen-bond donors (Lipinski definition) is 3. The van der Waals surface area contributed by atoms with Crippen LogP contribution in [0.3, 0.4) is 0 Å². The number of anilines is 1. The van der Waals surface area contributed by atoms with Gasteiger partial charge in [0.2, 0.25) is 0 Å². The van der Waals surface area contributed by atoms with Gasteiger partial charge in [-0.1, -0.05) is 0 Å². The molecule has 2 amide bonds. The first-order chi connectivity index (χ1) is 14.5. The van der Waals surface area contributed by atoms with Crippen molar-refractivity contribution in [1.29, 1.82) is 0 Å². The summed E-state index contributed by atoms with van der Waals surface area (Å²) >= 11 is 0. The molecule has 2 aromatic rings. The van der Waals surface area contributed by atoms with E-state index >= 15 is 0 Å². The van der Waals surface area contributed by atoms with Crippen molar-refractivity contribution in [3.8, 4) is 0 Å². The summed E-state index contributed by atoms with van der Waals surface area (Å²) in [5.41, 5.74) is 4.01. The Bertz CT molecular complexity index is 1030. The molecule has 138 valence electrons. The number of nitrogen functional groups attached to an aromatic ring is 1. The smallest absolute Gasteiger partial charge is 0.272 e. The fourth-order valence-electron chi connectivity index (χ4n) is 1.65. The summed E-state index contributed by atoms with van der Waals surface area (Å²) in [5.74, 6) is -4.15. The van der Waals surface area contributed by atoms with Gasteiger partial charge in [-0.2, -0.15) is 0 Å². The van der Waals surface area contributed by atoms with Crippen LogP contribution in [-0.4, -0.2) is 30.7 Å². The quantitative estimate of drug-likeness (QED) is 0.430. The molecule has 0 aromatic heterocycles. The molecule has 0 atom stereocenters. The average molecular weight is 372 g/mol. The summed E-state index contributed by atoms with van der Waals surface area (Å²) in [6.07, 6.45) is 0. The lowest BCUT2D eigenvalue weighted by Crippen LogP contribution is -2.19. The topological polar surface area (TPSA) is 127 Å². The number of nitrogens with two attached hydrogens (primary N) is 1. The van der Waals surface area contributed by atoms with Crippen LogP contribution in [0, 0.1) is 21.7 Å². The van der Waals surface area contributed by atoms with E-state index in [0.29, 0.717) is 6.07 Å². The maximum Gasteiger partial charge on any atom is 0.272 e. The third kappa shape index (κ3) is 5.23. The predicted molar refractivity (Wildman–Crippen MR) is 90.6 cm³/mol. The number of nitro groups is 1. The Morgan fingerprint density at radius 1 is 1.04 bits per heavy atom. The van der Waals surface area contributed by atoms with Crippen LogP contribution in [0.15, 0.2) is 36.4 Å². The number of benzene rings is 2. The zero-order valence-electron chi connectivity index (χ0n) is 18.9. The molecule has 0 aliphatic rings. The molecular formula is C16H16F2N4O4. The maximum absolute atomic E-state index is 13.3. The van der Waals surface area contributed by atoms with Gasteiger partial charge in [0.05, 0.1) is 22.1 Å². The number of nitrogens with zero attached hydrogens (tertiary/aromatic N) is 1. The van der Waals surface area contributed by atoms with Crippen LogP contribution in [0.5, 0.6) is 0 Å². The van der Waals surface area contributed by atoms with Gasteiger partial charge in [-0.15, -0.1) is 0 Å². The number of carbonyl (C=O) groups excluding carboxylic acids is 2. The first-order valence-corrected chi connectivity index (χ1v) is 6.64. The molecule has 0 heterocycles. The van der Waals surface area contributed by atoms with Crippen LogP contribution >= 0.6 is 0 Å². The monoisotopic (exact) mass is 372 g/mol. The number of carbonyl (C=O) groups is 2. The SMILES string of the molecule is [2H]C([2H])([2H])NC(=O)c1ccc(N)cc1F.[2H]C([2H])([2H])NC(=O)c1ccc([N+](=O)[O-])cc1F. The van der Waals surface area contributed by atoms with Gasteiger partial charge in [0.25, 0.3) is 17.5 Å². The fraction of sp³-hybridized carbons (Fsp3) is 0.125. The molecule has 0 spiro atoms. The maximum atomic E-state index is 13.3. The molecule has 2 aromatic carbocycles. The number of rotatable bonds is 3. The molecule has 0 fully saturated rings. The van der Waals surface area contributed by atoms with Crippen molar-refractivity contribution in [2.45, 2.75) is 0 Å². The van der Waals surface area contributed by atoms with Gasteiger partial charge in [0.15, 0.2) is 0 Å². The summed E-state index contributed by atoms with van der Waals surface area (Å²) < 4.78 is 67.1. The molecule has 0 saturated carbocycles. The third-order valence-corrected chi connectivity index (χ3v) is 2.87. The Hall–Kier alpha value is -3.56. The normalized spacial score (nSPS) is 13.9. The molecule has 4 N–H and O–H groups in total. The van der Waals surface area contributed by atoms with Crippen LogP contribution < -0.4 is 16.4 Å².